The number of rotatable bonds is 5. The Morgan fingerprint density at radius 1 is 0.854 bits per heavy atom. The molecule has 14 heteroatoms. The number of ether oxygens (including phenoxy) is 2. The largest absolute Gasteiger partial charge is 0.507 e. The lowest BCUT2D eigenvalue weighted by Crippen LogP contribution is -2.60. The maximum absolute atomic E-state index is 13.6. The molecule has 10 N–H and O–H groups in total. The zero-order chi connectivity index (χ0) is 29.9. The van der Waals surface area contributed by atoms with E-state index >= 15 is 0 Å². The SMILES string of the molecule is C[C@@H]1[C@@H](CO)CC(c2c(O)cc3oc4cc(O)c(O[C@@H]5O[C@H](CO)[C@@H](O)[C@H](O)[C@H]5O)cc4c(=O)c3c2O)[C@H](O)[C@H]1O. The van der Waals surface area contributed by atoms with Gasteiger partial charge in [0.25, 0.3) is 0 Å². The van der Waals surface area contributed by atoms with E-state index in [1.54, 1.807) is 6.92 Å². The van der Waals surface area contributed by atoms with Gasteiger partial charge in [0.1, 0.15) is 52.5 Å². The quantitative estimate of drug-likeness (QED) is 0.157. The van der Waals surface area contributed by atoms with Crippen LogP contribution in [0.2, 0.25) is 0 Å². The van der Waals surface area contributed by atoms with Crippen LogP contribution in [0.1, 0.15) is 24.8 Å². The number of hydrogen-bond acceptors (Lipinski definition) is 14. The first-order valence-electron chi connectivity index (χ1n) is 13.0. The van der Waals surface area contributed by atoms with Gasteiger partial charge in [0.15, 0.2) is 11.5 Å². The summed E-state index contributed by atoms with van der Waals surface area (Å²) in [6, 6.07) is 3.10. The van der Waals surface area contributed by atoms with Crippen molar-refractivity contribution < 1.29 is 65.0 Å². The van der Waals surface area contributed by atoms with Gasteiger partial charge in [-0.25, -0.2) is 0 Å². The Kier molecular flexibility index (Phi) is 7.78. The molecule has 224 valence electrons. The molecule has 2 aliphatic rings. The van der Waals surface area contributed by atoms with Crippen molar-refractivity contribution in [3.05, 3.63) is 34.0 Å². The van der Waals surface area contributed by atoms with E-state index in [0.717, 1.165) is 18.2 Å². The van der Waals surface area contributed by atoms with E-state index in [0.29, 0.717) is 0 Å². The van der Waals surface area contributed by atoms with Crippen molar-refractivity contribution in [3.8, 4) is 23.0 Å². The van der Waals surface area contributed by atoms with E-state index in [9.17, 15) is 55.9 Å². The van der Waals surface area contributed by atoms with Crippen LogP contribution in [0.25, 0.3) is 21.9 Å². The number of aliphatic hydroxyl groups excluding tert-OH is 7. The third-order valence-electron chi connectivity index (χ3n) is 8.33. The van der Waals surface area contributed by atoms with Crippen LogP contribution >= 0.6 is 0 Å². The second kappa shape index (κ2) is 10.9. The van der Waals surface area contributed by atoms with Crippen molar-refractivity contribution >= 4 is 21.9 Å². The summed E-state index contributed by atoms with van der Waals surface area (Å²) >= 11 is 0. The third kappa shape index (κ3) is 4.75. The maximum atomic E-state index is 13.6. The standard InChI is InChI=1S/C27H32O14/c1-8-9(6-28)2-11(22(34)20(8)32)18-13(31)5-16-19(24(18)36)21(33)10-3-15(12(30)4-14(10)39-16)40-27-26(38)25(37)23(35)17(7-29)41-27/h3-5,8-9,11,17,20,22-23,25-32,34-38H,2,6-7H2,1H3/t8-,9-,11?,17-,20+,22+,23-,25+,26-,27-/m1/s1. The number of benzene rings is 2. The molecule has 0 amide bonds. The highest BCUT2D eigenvalue weighted by molar-refractivity contribution is 5.96. The normalized spacial score (nSPS) is 34.2. The zero-order valence-electron chi connectivity index (χ0n) is 21.7. The molecule has 2 fully saturated rings. The van der Waals surface area contributed by atoms with Crippen molar-refractivity contribution in [1.82, 2.24) is 0 Å². The maximum Gasteiger partial charge on any atom is 0.229 e. The topological polar surface area (TPSA) is 251 Å². The molecule has 0 bridgehead atoms. The lowest BCUT2D eigenvalue weighted by atomic mass is 9.69. The van der Waals surface area contributed by atoms with E-state index < -0.39 is 95.7 Å². The summed E-state index contributed by atoms with van der Waals surface area (Å²) in [7, 11) is 0. The summed E-state index contributed by atoms with van der Waals surface area (Å²) in [5.41, 5.74) is -1.45. The Hall–Kier alpha value is -3.21. The van der Waals surface area contributed by atoms with Gasteiger partial charge >= 0.3 is 0 Å². The van der Waals surface area contributed by atoms with Crippen molar-refractivity contribution in [2.45, 2.75) is 62.2 Å². The van der Waals surface area contributed by atoms with Crippen LogP contribution in [0, 0.1) is 11.8 Å². The van der Waals surface area contributed by atoms with Gasteiger partial charge in [-0.15, -0.1) is 0 Å². The Bertz CT molecular complexity index is 1500. The number of phenolic OH excluding ortho intramolecular Hbond substituents is 3. The summed E-state index contributed by atoms with van der Waals surface area (Å²) in [5, 5.41) is 103. The molecule has 1 unspecified atom stereocenters. The molecular weight excluding hydrogens is 548 g/mol. The van der Waals surface area contributed by atoms with Crippen LogP contribution < -0.4 is 10.2 Å². The minimum Gasteiger partial charge on any atom is -0.507 e. The molecule has 14 nitrogen and oxygen atoms in total. The summed E-state index contributed by atoms with van der Waals surface area (Å²) in [4.78, 5) is 13.6. The van der Waals surface area contributed by atoms with Gasteiger partial charge in [0.05, 0.1) is 24.2 Å². The predicted molar refractivity (Wildman–Crippen MR) is 138 cm³/mol. The van der Waals surface area contributed by atoms with E-state index in [1.807, 2.05) is 0 Å². The summed E-state index contributed by atoms with van der Waals surface area (Å²) in [5.74, 6) is -4.19. The van der Waals surface area contributed by atoms with Gasteiger partial charge < -0.3 is 65.0 Å². The highest BCUT2D eigenvalue weighted by Crippen LogP contribution is 2.48. The minimum atomic E-state index is -1.80. The fourth-order valence-electron chi connectivity index (χ4n) is 5.80. The smallest absolute Gasteiger partial charge is 0.229 e. The predicted octanol–water partition coefficient (Wildman–Crippen LogP) is -1.30. The average molecular weight is 581 g/mol. The Labute approximate surface area is 231 Å². The zero-order valence-corrected chi connectivity index (χ0v) is 21.7. The second-order valence-corrected chi connectivity index (χ2v) is 10.7. The van der Waals surface area contributed by atoms with Crippen LogP contribution in [0.15, 0.2) is 27.4 Å². The highest BCUT2D eigenvalue weighted by atomic mass is 16.7. The van der Waals surface area contributed by atoms with Gasteiger partial charge in [-0.3, -0.25) is 4.79 Å². The van der Waals surface area contributed by atoms with Gasteiger partial charge in [0.2, 0.25) is 11.7 Å². The molecule has 0 spiro atoms. The molecule has 5 rings (SSSR count). The Balaban J connectivity index is 1.60. The first-order chi connectivity index (χ1) is 19.4. The molecule has 41 heavy (non-hydrogen) atoms. The lowest BCUT2D eigenvalue weighted by molar-refractivity contribution is -0.277. The number of fused-ring (bicyclic) bond motifs is 2. The number of aromatic hydroxyl groups is 3. The van der Waals surface area contributed by atoms with Crippen LogP contribution in [-0.2, 0) is 4.74 Å². The van der Waals surface area contributed by atoms with Crippen molar-refractivity contribution in [2.24, 2.45) is 11.8 Å². The monoisotopic (exact) mass is 580 g/mol. The molecule has 1 aromatic heterocycles. The molecule has 1 saturated carbocycles. The van der Waals surface area contributed by atoms with Crippen LogP contribution in [0.3, 0.4) is 0 Å². The van der Waals surface area contributed by atoms with Crippen LogP contribution in [-0.4, -0.2) is 107 Å². The molecule has 0 radical (unpaired) electrons. The van der Waals surface area contributed by atoms with E-state index in [2.05, 4.69) is 0 Å². The van der Waals surface area contributed by atoms with Crippen LogP contribution in [0.4, 0.5) is 0 Å². The number of hydrogen-bond donors (Lipinski definition) is 10. The Morgan fingerprint density at radius 3 is 2.20 bits per heavy atom. The molecule has 3 aromatic rings. The number of aliphatic hydroxyl groups is 7. The molecule has 10 atom stereocenters. The molecule has 1 aliphatic carbocycles. The van der Waals surface area contributed by atoms with Crippen molar-refractivity contribution in [2.75, 3.05) is 13.2 Å². The fourth-order valence-corrected chi connectivity index (χ4v) is 5.80. The molecule has 2 heterocycles. The third-order valence-corrected chi connectivity index (χ3v) is 8.33. The molecule has 1 aliphatic heterocycles. The van der Waals surface area contributed by atoms with Gasteiger partial charge in [-0.05, 0) is 24.3 Å². The highest BCUT2D eigenvalue weighted by Gasteiger charge is 2.46. The summed E-state index contributed by atoms with van der Waals surface area (Å²) in [6.45, 7) is 0.623. The lowest BCUT2D eigenvalue weighted by Gasteiger charge is -2.41. The summed E-state index contributed by atoms with van der Waals surface area (Å²) in [6.07, 6.45) is -10.8. The van der Waals surface area contributed by atoms with E-state index in [-0.39, 0.29) is 40.5 Å². The first-order valence-corrected chi connectivity index (χ1v) is 13.0. The van der Waals surface area contributed by atoms with Crippen LogP contribution in [0.5, 0.6) is 23.0 Å². The van der Waals surface area contributed by atoms with Gasteiger partial charge in [0, 0.05) is 30.2 Å². The number of phenols is 3. The van der Waals surface area contributed by atoms with E-state index in [1.165, 1.54) is 0 Å². The van der Waals surface area contributed by atoms with Gasteiger partial charge in [-0.1, -0.05) is 6.92 Å². The minimum absolute atomic E-state index is 0.0897. The van der Waals surface area contributed by atoms with Crippen molar-refractivity contribution in [3.63, 3.8) is 0 Å². The molecule has 2 aromatic carbocycles. The average Bonchev–Trinajstić information content (AvgIpc) is 2.93. The Morgan fingerprint density at radius 2 is 1.54 bits per heavy atom. The van der Waals surface area contributed by atoms with Gasteiger partial charge in [-0.2, -0.15) is 0 Å². The van der Waals surface area contributed by atoms with E-state index in [4.69, 9.17) is 13.9 Å². The first kappa shape index (κ1) is 29.3. The summed E-state index contributed by atoms with van der Waals surface area (Å²) < 4.78 is 16.4. The fraction of sp³-hybridized carbons (Fsp3) is 0.519. The molecular formula is C27H32O14. The molecule has 1 saturated heterocycles. The second-order valence-electron chi connectivity index (χ2n) is 10.7. The van der Waals surface area contributed by atoms with Crippen molar-refractivity contribution in [1.29, 1.82) is 0 Å².